The van der Waals surface area contributed by atoms with Gasteiger partial charge >= 0.3 is 6.01 Å². The standard InChI is InChI=1S/C18H32N2O/c1-3-5-7-9-11-13-17-14-15-19-18(20-17)21-16-12-10-8-6-4-2/h14-15H,3-13,16H2,1-2H3. The molecule has 1 aromatic heterocycles. The van der Waals surface area contributed by atoms with Gasteiger partial charge in [0, 0.05) is 11.9 Å². The molecule has 0 spiro atoms. The van der Waals surface area contributed by atoms with Crippen LogP contribution in [-0.2, 0) is 6.42 Å². The molecule has 0 aromatic carbocycles. The fourth-order valence-electron chi connectivity index (χ4n) is 2.36. The Balaban J connectivity index is 2.16. The first-order chi connectivity index (χ1) is 10.4. The normalized spacial score (nSPS) is 10.8. The Hall–Kier alpha value is -1.12. The summed E-state index contributed by atoms with van der Waals surface area (Å²) in [4.78, 5) is 8.69. The largest absolute Gasteiger partial charge is 0.463 e. The van der Waals surface area contributed by atoms with Crippen LogP contribution in [0.1, 0.15) is 83.7 Å². The van der Waals surface area contributed by atoms with E-state index >= 15 is 0 Å². The SMILES string of the molecule is CCCCCCCOc1nccc(CCCCCCC)n1. The topological polar surface area (TPSA) is 35.0 Å². The lowest BCUT2D eigenvalue weighted by molar-refractivity contribution is 0.280. The minimum atomic E-state index is 0.552. The summed E-state index contributed by atoms with van der Waals surface area (Å²) >= 11 is 0. The molecule has 0 atom stereocenters. The molecule has 3 heteroatoms. The molecule has 0 amide bonds. The predicted molar refractivity (Wildman–Crippen MR) is 88.7 cm³/mol. The Morgan fingerprint density at radius 1 is 0.857 bits per heavy atom. The summed E-state index contributed by atoms with van der Waals surface area (Å²) in [6.07, 6.45) is 15.6. The zero-order chi connectivity index (χ0) is 15.2. The van der Waals surface area contributed by atoms with Crippen LogP contribution >= 0.6 is 0 Å². The summed E-state index contributed by atoms with van der Waals surface area (Å²) in [7, 11) is 0. The number of nitrogens with zero attached hydrogens (tertiary/aromatic N) is 2. The van der Waals surface area contributed by atoms with Crippen LogP contribution in [0.4, 0.5) is 0 Å². The number of aromatic nitrogens is 2. The molecule has 0 saturated carbocycles. The summed E-state index contributed by atoms with van der Waals surface area (Å²) in [5.41, 5.74) is 1.11. The van der Waals surface area contributed by atoms with Crippen molar-refractivity contribution in [3.8, 4) is 6.01 Å². The van der Waals surface area contributed by atoms with Gasteiger partial charge < -0.3 is 4.74 Å². The lowest BCUT2D eigenvalue weighted by Gasteiger charge is -2.06. The second-order valence-electron chi connectivity index (χ2n) is 5.76. The van der Waals surface area contributed by atoms with E-state index in [-0.39, 0.29) is 0 Å². The maximum Gasteiger partial charge on any atom is 0.316 e. The Labute approximate surface area is 130 Å². The molecular weight excluding hydrogens is 260 g/mol. The zero-order valence-electron chi connectivity index (χ0n) is 13.9. The van der Waals surface area contributed by atoms with Crippen molar-refractivity contribution < 1.29 is 4.74 Å². The number of ether oxygens (including phenoxy) is 1. The highest BCUT2D eigenvalue weighted by atomic mass is 16.5. The van der Waals surface area contributed by atoms with E-state index in [2.05, 4.69) is 23.8 Å². The zero-order valence-corrected chi connectivity index (χ0v) is 13.9. The third-order valence-corrected chi connectivity index (χ3v) is 3.71. The van der Waals surface area contributed by atoms with E-state index in [1.807, 2.05) is 12.3 Å². The van der Waals surface area contributed by atoms with Crippen molar-refractivity contribution in [3.05, 3.63) is 18.0 Å². The molecule has 0 radical (unpaired) electrons. The predicted octanol–water partition coefficient (Wildman–Crippen LogP) is 5.34. The van der Waals surface area contributed by atoms with Gasteiger partial charge in [-0.05, 0) is 25.3 Å². The van der Waals surface area contributed by atoms with E-state index in [1.54, 1.807) is 0 Å². The molecule has 1 heterocycles. The Bertz CT molecular complexity index is 355. The second-order valence-corrected chi connectivity index (χ2v) is 5.76. The monoisotopic (exact) mass is 292 g/mol. The van der Waals surface area contributed by atoms with Gasteiger partial charge in [-0.15, -0.1) is 0 Å². The summed E-state index contributed by atoms with van der Waals surface area (Å²) in [6, 6.07) is 2.56. The Morgan fingerprint density at radius 2 is 1.52 bits per heavy atom. The van der Waals surface area contributed by atoms with Crippen LogP contribution in [0.2, 0.25) is 0 Å². The summed E-state index contributed by atoms with van der Waals surface area (Å²) in [5.74, 6) is 0. The lowest BCUT2D eigenvalue weighted by atomic mass is 10.1. The van der Waals surface area contributed by atoms with Crippen molar-refractivity contribution in [1.82, 2.24) is 9.97 Å². The van der Waals surface area contributed by atoms with Gasteiger partial charge in [0.2, 0.25) is 0 Å². The third kappa shape index (κ3) is 9.43. The summed E-state index contributed by atoms with van der Waals surface area (Å²) in [6.45, 7) is 5.22. The van der Waals surface area contributed by atoms with Gasteiger partial charge in [-0.1, -0.05) is 65.2 Å². The van der Waals surface area contributed by atoms with Crippen molar-refractivity contribution in [2.24, 2.45) is 0 Å². The number of unbranched alkanes of at least 4 members (excludes halogenated alkanes) is 8. The van der Waals surface area contributed by atoms with Gasteiger partial charge in [0.1, 0.15) is 0 Å². The van der Waals surface area contributed by atoms with Crippen molar-refractivity contribution >= 4 is 0 Å². The van der Waals surface area contributed by atoms with E-state index < -0.39 is 0 Å². The molecule has 1 aromatic rings. The van der Waals surface area contributed by atoms with Gasteiger partial charge in [0.05, 0.1) is 6.61 Å². The van der Waals surface area contributed by atoms with Crippen molar-refractivity contribution in [2.45, 2.75) is 84.5 Å². The van der Waals surface area contributed by atoms with E-state index in [9.17, 15) is 0 Å². The number of aryl methyl sites for hydroxylation is 1. The van der Waals surface area contributed by atoms with Gasteiger partial charge in [-0.25, -0.2) is 9.97 Å². The van der Waals surface area contributed by atoms with Crippen LogP contribution in [0.3, 0.4) is 0 Å². The Kier molecular flexibility index (Phi) is 10.8. The quantitative estimate of drug-likeness (QED) is 0.460. The maximum absolute atomic E-state index is 5.65. The summed E-state index contributed by atoms with van der Waals surface area (Å²) < 4.78 is 5.65. The highest BCUT2D eigenvalue weighted by Crippen LogP contribution is 2.10. The number of rotatable bonds is 13. The third-order valence-electron chi connectivity index (χ3n) is 3.71. The molecule has 0 aliphatic rings. The Morgan fingerprint density at radius 3 is 2.24 bits per heavy atom. The van der Waals surface area contributed by atoms with Crippen molar-refractivity contribution in [1.29, 1.82) is 0 Å². The van der Waals surface area contributed by atoms with E-state index in [4.69, 9.17) is 4.74 Å². The minimum Gasteiger partial charge on any atom is -0.463 e. The van der Waals surface area contributed by atoms with Crippen LogP contribution in [0.15, 0.2) is 12.3 Å². The first-order valence-corrected chi connectivity index (χ1v) is 8.81. The molecule has 0 bridgehead atoms. The van der Waals surface area contributed by atoms with E-state index in [0.29, 0.717) is 6.01 Å². The van der Waals surface area contributed by atoms with Crippen molar-refractivity contribution in [3.63, 3.8) is 0 Å². The van der Waals surface area contributed by atoms with Gasteiger partial charge in [0.15, 0.2) is 0 Å². The molecule has 1 rings (SSSR count). The van der Waals surface area contributed by atoms with Gasteiger partial charge in [-0.2, -0.15) is 0 Å². The minimum absolute atomic E-state index is 0.552. The second kappa shape index (κ2) is 12.6. The molecule has 0 fully saturated rings. The van der Waals surface area contributed by atoms with Crippen LogP contribution in [-0.4, -0.2) is 16.6 Å². The molecule has 0 unspecified atom stereocenters. The van der Waals surface area contributed by atoms with Crippen molar-refractivity contribution in [2.75, 3.05) is 6.61 Å². The fourth-order valence-corrected chi connectivity index (χ4v) is 2.36. The molecule has 0 N–H and O–H groups in total. The average Bonchev–Trinajstić information content (AvgIpc) is 2.51. The highest BCUT2D eigenvalue weighted by Gasteiger charge is 2.01. The smallest absolute Gasteiger partial charge is 0.316 e. The van der Waals surface area contributed by atoms with Crippen LogP contribution in [0.25, 0.3) is 0 Å². The number of hydrogen-bond donors (Lipinski definition) is 0. The molecule has 0 saturated heterocycles. The fraction of sp³-hybridized carbons (Fsp3) is 0.778. The van der Waals surface area contributed by atoms with Crippen LogP contribution in [0.5, 0.6) is 6.01 Å². The van der Waals surface area contributed by atoms with E-state index in [0.717, 1.165) is 25.1 Å². The molecular formula is C18H32N2O. The molecule has 3 nitrogen and oxygen atoms in total. The number of hydrogen-bond acceptors (Lipinski definition) is 3. The molecule has 21 heavy (non-hydrogen) atoms. The lowest BCUT2D eigenvalue weighted by Crippen LogP contribution is -2.03. The highest BCUT2D eigenvalue weighted by molar-refractivity contribution is 5.05. The van der Waals surface area contributed by atoms with Crippen LogP contribution < -0.4 is 4.74 Å². The van der Waals surface area contributed by atoms with Gasteiger partial charge in [0.25, 0.3) is 0 Å². The van der Waals surface area contributed by atoms with E-state index in [1.165, 1.54) is 57.8 Å². The maximum atomic E-state index is 5.65. The summed E-state index contributed by atoms with van der Waals surface area (Å²) in [5, 5.41) is 0. The molecule has 0 aliphatic heterocycles. The molecule has 0 aliphatic carbocycles. The first-order valence-electron chi connectivity index (χ1n) is 8.81. The first kappa shape index (κ1) is 17.9. The van der Waals surface area contributed by atoms with Crippen LogP contribution in [0, 0.1) is 0 Å². The average molecular weight is 292 g/mol. The molecule has 120 valence electrons. The van der Waals surface area contributed by atoms with Gasteiger partial charge in [-0.3, -0.25) is 0 Å².